The van der Waals surface area contributed by atoms with Gasteiger partial charge in [-0.2, -0.15) is 0 Å². The first-order chi connectivity index (χ1) is 17.0. The molecule has 0 aromatic heterocycles. The van der Waals surface area contributed by atoms with Crippen LogP contribution in [0.15, 0.2) is 57.5 Å². The maximum Gasteiger partial charge on any atom is 0.341 e. The molecule has 0 bridgehead atoms. The first-order valence-corrected chi connectivity index (χ1v) is 12.6. The molecule has 2 N–H and O–H groups in total. The molecule has 0 unspecified atom stereocenters. The minimum Gasteiger partial charge on any atom is -0.482 e. The number of rotatable bonds is 10. The Morgan fingerprint density at radius 3 is 2.14 bits per heavy atom. The maximum atomic E-state index is 13.6. The number of halogens is 2. The Morgan fingerprint density at radius 2 is 1.58 bits per heavy atom. The van der Waals surface area contributed by atoms with Crippen molar-refractivity contribution in [1.29, 1.82) is 0 Å². The number of aliphatic carboxylic acids is 2. The summed E-state index contributed by atoms with van der Waals surface area (Å²) < 4.78 is 12.8. The van der Waals surface area contributed by atoms with Crippen LogP contribution in [0.1, 0.15) is 52.4 Å². The third kappa shape index (κ3) is 6.73. The molecule has 3 aromatic rings. The molecule has 3 aromatic carbocycles. The molecule has 0 spiro atoms. The lowest BCUT2D eigenvalue weighted by Gasteiger charge is -2.20. The van der Waals surface area contributed by atoms with Crippen LogP contribution < -0.4 is 9.47 Å². The SMILES string of the molecule is Cc1cccc(C(=O)c2cc(OCC(=O)O)c(C(C)C)cc2Oc2c(Br)cc(CC(=O)O)cc2Br)c1. The summed E-state index contributed by atoms with van der Waals surface area (Å²) in [6, 6.07) is 13.6. The van der Waals surface area contributed by atoms with Crippen molar-refractivity contribution in [2.45, 2.75) is 33.1 Å². The van der Waals surface area contributed by atoms with Crippen molar-refractivity contribution in [3.05, 3.63) is 85.3 Å². The average molecular weight is 620 g/mol. The molecule has 0 saturated carbocycles. The van der Waals surface area contributed by atoms with Gasteiger partial charge in [0.1, 0.15) is 11.5 Å². The highest BCUT2D eigenvalue weighted by Gasteiger charge is 2.23. The molecular weight excluding hydrogens is 596 g/mol. The van der Waals surface area contributed by atoms with Gasteiger partial charge in [0.25, 0.3) is 0 Å². The van der Waals surface area contributed by atoms with Gasteiger partial charge < -0.3 is 19.7 Å². The van der Waals surface area contributed by atoms with Crippen LogP contribution in [0.25, 0.3) is 0 Å². The Morgan fingerprint density at radius 1 is 0.917 bits per heavy atom. The molecule has 36 heavy (non-hydrogen) atoms. The van der Waals surface area contributed by atoms with E-state index in [1.54, 1.807) is 36.4 Å². The van der Waals surface area contributed by atoms with Crippen LogP contribution in [0, 0.1) is 6.92 Å². The lowest BCUT2D eigenvalue weighted by molar-refractivity contribution is -0.139. The lowest BCUT2D eigenvalue weighted by Crippen LogP contribution is -2.13. The Balaban J connectivity index is 2.17. The molecule has 0 radical (unpaired) electrons. The van der Waals surface area contributed by atoms with Crippen molar-refractivity contribution in [3.8, 4) is 17.2 Å². The Kier molecular flexibility index (Phi) is 8.92. The number of benzene rings is 3. The topological polar surface area (TPSA) is 110 Å². The van der Waals surface area contributed by atoms with Gasteiger partial charge in [-0.3, -0.25) is 9.59 Å². The van der Waals surface area contributed by atoms with Crippen LogP contribution in [-0.2, 0) is 16.0 Å². The average Bonchev–Trinajstić information content (AvgIpc) is 2.79. The van der Waals surface area contributed by atoms with E-state index in [1.165, 1.54) is 6.07 Å². The van der Waals surface area contributed by atoms with Gasteiger partial charge >= 0.3 is 11.9 Å². The largest absolute Gasteiger partial charge is 0.482 e. The molecule has 0 aliphatic carbocycles. The van der Waals surface area contributed by atoms with Crippen molar-refractivity contribution in [2.75, 3.05) is 6.61 Å². The predicted octanol–water partition coefficient (Wildman–Crippen LogP) is 6.76. The van der Waals surface area contributed by atoms with E-state index in [2.05, 4.69) is 31.9 Å². The van der Waals surface area contributed by atoms with Crippen LogP contribution >= 0.6 is 31.9 Å². The van der Waals surface area contributed by atoms with Gasteiger partial charge in [-0.1, -0.05) is 37.6 Å². The second-order valence-corrected chi connectivity index (χ2v) is 10.2. The fourth-order valence-electron chi connectivity index (χ4n) is 3.59. The lowest BCUT2D eigenvalue weighted by atomic mass is 9.95. The van der Waals surface area contributed by atoms with E-state index >= 15 is 0 Å². The summed E-state index contributed by atoms with van der Waals surface area (Å²) in [5.41, 5.74) is 2.77. The van der Waals surface area contributed by atoms with Gasteiger partial charge in [0.2, 0.25) is 0 Å². The quantitative estimate of drug-likeness (QED) is 0.241. The van der Waals surface area contributed by atoms with Crippen molar-refractivity contribution in [2.24, 2.45) is 0 Å². The van der Waals surface area contributed by atoms with Crippen LogP contribution in [0.4, 0.5) is 0 Å². The molecule has 3 rings (SSSR count). The number of ether oxygens (including phenoxy) is 2. The fraction of sp³-hybridized carbons (Fsp3) is 0.222. The zero-order chi connectivity index (χ0) is 26.6. The Labute approximate surface area is 225 Å². The smallest absolute Gasteiger partial charge is 0.341 e. The fourth-order valence-corrected chi connectivity index (χ4v) is 5.03. The molecule has 0 heterocycles. The van der Waals surface area contributed by atoms with Crippen molar-refractivity contribution in [3.63, 3.8) is 0 Å². The van der Waals surface area contributed by atoms with Crippen molar-refractivity contribution < 1.29 is 34.1 Å². The molecule has 7 nitrogen and oxygen atoms in total. The zero-order valence-corrected chi connectivity index (χ0v) is 23.0. The maximum absolute atomic E-state index is 13.6. The van der Waals surface area contributed by atoms with Crippen LogP contribution in [0.5, 0.6) is 17.2 Å². The van der Waals surface area contributed by atoms with E-state index in [0.717, 1.165) is 5.56 Å². The first-order valence-electron chi connectivity index (χ1n) is 11.0. The molecule has 188 valence electrons. The van der Waals surface area contributed by atoms with E-state index in [4.69, 9.17) is 19.7 Å². The predicted molar refractivity (Wildman–Crippen MR) is 142 cm³/mol. The molecule has 0 fully saturated rings. The minimum absolute atomic E-state index is 0.0657. The number of carboxylic acids is 2. The van der Waals surface area contributed by atoms with Crippen LogP contribution in [0.3, 0.4) is 0 Å². The molecule has 0 aliphatic rings. The van der Waals surface area contributed by atoms with Gasteiger partial charge in [-0.25, -0.2) is 4.79 Å². The Hall–Kier alpha value is -3.17. The summed E-state index contributed by atoms with van der Waals surface area (Å²) in [6.45, 7) is 5.16. The van der Waals surface area contributed by atoms with Gasteiger partial charge in [0.05, 0.1) is 20.9 Å². The molecule has 9 heteroatoms. The zero-order valence-electron chi connectivity index (χ0n) is 19.8. The van der Waals surface area contributed by atoms with Crippen LogP contribution in [0.2, 0.25) is 0 Å². The van der Waals surface area contributed by atoms with E-state index in [0.29, 0.717) is 31.4 Å². The number of carboxylic acid groups (broad SMARTS) is 2. The van der Waals surface area contributed by atoms with Gasteiger partial charge in [-0.15, -0.1) is 0 Å². The second-order valence-electron chi connectivity index (χ2n) is 8.48. The third-order valence-electron chi connectivity index (χ3n) is 5.24. The summed E-state index contributed by atoms with van der Waals surface area (Å²) in [5.74, 6) is -1.59. The van der Waals surface area contributed by atoms with E-state index in [1.807, 2.05) is 26.8 Å². The van der Waals surface area contributed by atoms with Gasteiger partial charge in [0.15, 0.2) is 18.1 Å². The van der Waals surface area contributed by atoms with Crippen molar-refractivity contribution >= 4 is 49.6 Å². The van der Waals surface area contributed by atoms with Gasteiger partial charge in [0, 0.05) is 11.1 Å². The number of hydrogen-bond acceptors (Lipinski definition) is 5. The third-order valence-corrected chi connectivity index (χ3v) is 6.41. The number of ketones is 1. The van der Waals surface area contributed by atoms with Crippen molar-refractivity contribution in [1.82, 2.24) is 0 Å². The molecule has 0 saturated heterocycles. The standard InChI is InChI=1S/C27H24Br2O7/c1-14(2)18-11-23(36-27-20(28)8-16(9-21(27)29)10-24(30)31)19(12-22(18)35-13-25(32)33)26(34)17-6-4-5-15(3)7-17/h4-9,11-12,14H,10,13H2,1-3H3,(H,30,31)(H,32,33). The highest BCUT2D eigenvalue weighted by Crippen LogP contribution is 2.42. The summed E-state index contributed by atoms with van der Waals surface area (Å²) >= 11 is 6.88. The Bertz CT molecular complexity index is 1310. The number of carbonyl (C=O) groups is 3. The van der Waals surface area contributed by atoms with E-state index < -0.39 is 18.5 Å². The first kappa shape index (κ1) is 27.4. The van der Waals surface area contributed by atoms with Gasteiger partial charge in [-0.05, 0) is 80.6 Å². The molecule has 0 atom stereocenters. The summed E-state index contributed by atoms with van der Waals surface area (Å²) in [6.07, 6.45) is -0.165. The highest BCUT2D eigenvalue weighted by atomic mass is 79.9. The monoisotopic (exact) mass is 618 g/mol. The number of aryl methyl sites for hydroxylation is 1. The molecular formula is C27H24Br2O7. The molecule has 0 amide bonds. The minimum atomic E-state index is -1.13. The summed E-state index contributed by atoms with van der Waals surface area (Å²) in [4.78, 5) is 35.9. The summed E-state index contributed by atoms with van der Waals surface area (Å²) in [7, 11) is 0. The van der Waals surface area contributed by atoms with Crippen LogP contribution in [-0.4, -0.2) is 34.5 Å². The van der Waals surface area contributed by atoms with E-state index in [-0.39, 0.29) is 35.2 Å². The highest BCUT2D eigenvalue weighted by molar-refractivity contribution is 9.11. The normalized spacial score (nSPS) is 10.8. The molecule has 0 aliphatic heterocycles. The summed E-state index contributed by atoms with van der Waals surface area (Å²) in [5, 5.41) is 18.2. The number of carbonyl (C=O) groups excluding carboxylic acids is 1. The number of hydrogen-bond donors (Lipinski definition) is 2. The second kappa shape index (κ2) is 11.7. The van der Waals surface area contributed by atoms with E-state index in [9.17, 15) is 14.4 Å².